The first kappa shape index (κ1) is 10.7. The van der Waals surface area contributed by atoms with Crippen LogP contribution in [0.2, 0.25) is 0 Å². The van der Waals surface area contributed by atoms with E-state index in [1.807, 2.05) is 0 Å². The molecule has 0 atom stereocenters. The van der Waals surface area contributed by atoms with Gasteiger partial charge in [-0.1, -0.05) is 12.1 Å². The molecule has 0 saturated carbocycles. The number of carboxylic acid groups (broad SMARTS) is 1. The third-order valence-electron chi connectivity index (χ3n) is 2.56. The molecule has 0 aliphatic carbocycles. The Kier molecular flexibility index (Phi) is 2.24. The molecule has 0 unspecified atom stereocenters. The zero-order valence-corrected chi connectivity index (χ0v) is 9.11. The van der Waals surface area contributed by atoms with Crippen molar-refractivity contribution in [2.75, 3.05) is 0 Å². The summed E-state index contributed by atoms with van der Waals surface area (Å²) in [7, 11) is 0. The van der Waals surface area contributed by atoms with E-state index in [0.717, 1.165) is 16.5 Å². The Labute approximate surface area is 92.5 Å². The number of nitrogens with one attached hydrogen (secondary N) is 1. The predicted octanol–water partition coefficient (Wildman–Crippen LogP) is 2.09. The summed E-state index contributed by atoms with van der Waals surface area (Å²) in [5.74, 6) is -0.985. The van der Waals surface area contributed by atoms with Crippen LogP contribution in [0.25, 0.3) is 10.9 Å². The van der Waals surface area contributed by atoms with Gasteiger partial charge in [-0.3, -0.25) is 0 Å². The van der Waals surface area contributed by atoms with Gasteiger partial charge in [0.2, 0.25) is 0 Å². The Morgan fingerprint density at radius 1 is 1.31 bits per heavy atom. The standard InChI is InChI=1S/C12H13NO3/c1-12(2,16)8-4-3-7-5-10(11(14)15)13-9(7)6-8/h3-6,13,16H,1-2H3,(H,14,15). The van der Waals surface area contributed by atoms with Crippen molar-refractivity contribution in [2.24, 2.45) is 0 Å². The maximum atomic E-state index is 10.8. The van der Waals surface area contributed by atoms with Crippen molar-refractivity contribution >= 4 is 16.9 Å². The van der Waals surface area contributed by atoms with Crippen LogP contribution in [0.3, 0.4) is 0 Å². The lowest BCUT2D eigenvalue weighted by Gasteiger charge is -2.17. The number of aromatic amines is 1. The van der Waals surface area contributed by atoms with Crippen LogP contribution in [-0.2, 0) is 5.60 Å². The number of aromatic carboxylic acids is 1. The first-order chi connectivity index (χ1) is 7.38. The number of H-pyrrole nitrogens is 1. The topological polar surface area (TPSA) is 73.3 Å². The molecule has 4 nitrogen and oxygen atoms in total. The van der Waals surface area contributed by atoms with Crippen molar-refractivity contribution in [1.82, 2.24) is 4.98 Å². The fraction of sp³-hybridized carbons (Fsp3) is 0.250. The van der Waals surface area contributed by atoms with Crippen molar-refractivity contribution in [3.8, 4) is 0 Å². The van der Waals surface area contributed by atoms with Crippen LogP contribution in [0.15, 0.2) is 24.3 Å². The Morgan fingerprint density at radius 3 is 2.56 bits per heavy atom. The first-order valence-electron chi connectivity index (χ1n) is 4.97. The largest absolute Gasteiger partial charge is 0.477 e. The normalized spacial score (nSPS) is 11.9. The number of aromatic nitrogens is 1. The van der Waals surface area contributed by atoms with Crippen LogP contribution in [0.4, 0.5) is 0 Å². The van der Waals surface area contributed by atoms with Crippen molar-refractivity contribution < 1.29 is 15.0 Å². The SMILES string of the molecule is CC(C)(O)c1ccc2cc(C(=O)O)[nH]c2c1. The average Bonchev–Trinajstić information content (AvgIpc) is 2.58. The number of rotatable bonds is 2. The molecule has 0 bridgehead atoms. The van der Waals surface area contributed by atoms with Crippen LogP contribution in [0.1, 0.15) is 29.9 Å². The molecule has 0 aliphatic rings. The minimum atomic E-state index is -0.985. The smallest absolute Gasteiger partial charge is 0.352 e. The van der Waals surface area contributed by atoms with E-state index in [1.165, 1.54) is 0 Å². The van der Waals surface area contributed by atoms with E-state index in [0.29, 0.717) is 0 Å². The van der Waals surface area contributed by atoms with Gasteiger partial charge in [0.1, 0.15) is 5.69 Å². The molecule has 1 aromatic carbocycles. The molecule has 2 aromatic rings. The highest BCUT2D eigenvalue weighted by Crippen LogP contribution is 2.24. The quantitative estimate of drug-likeness (QED) is 0.724. The number of hydrogen-bond acceptors (Lipinski definition) is 2. The predicted molar refractivity (Wildman–Crippen MR) is 60.5 cm³/mol. The Morgan fingerprint density at radius 2 is 2.00 bits per heavy atom. The highest BCUT2D eigenvalue weighted by molar-refractivity contribution is 5.93. The van der Waals surface area contributed by atoms with Gasteiger partial charge in [-0.2, -0.15) is 0 Å². The first-order valence-corrected chi connectivity index (χ1v) is 4.97. The van der Waals surface area contributed by atoms with Crippen LogP contribution in [0, 0.1) is 0 Å². The molecule has 84 valence electrons. The van der Waals surface area contributed by atoms with Gasteiger partial charge in [-0.05, 0) is 31.5 Å². The van der Waals surface area contributed by atoms with Crippen molar-refractivity contribution in [1.29, 1.82) is 0 Å². The molecular formula is C12H13NO3. The number of carbonyl (C=O) groups is 1. The van der Waals surface area contributed by atoms with Crippen LogP contribution >= 0.6 is 0 Å². The molecular weight excluding hydrogens is 206 g/mol. The number of hydrogen-bond donors (Lipinski definition) is 3. The molecule has 1 heterocycles. The Hall–Kier alpha value is -1.81. The molecule has 4 heteroatoms. The molecule has 0 radical (unpaired) electrons. The number of fused-ring (bicyclic) bond motifs is 1. The van der Waals surface area contributed by atoms with E-state index < -0.39 is 11.6 Å². The van der Waals surface area contributed by atoms with Gasteiger partial charge in [0.15, 0.2) is 0 Å². The van der Waals surface area contributed by atoms with Gasteiger partial charge in [0.25, 0.3) is 0 Å². The molecule has 16 heavy (non-hydrogen) atoms. The summed E-state index contributed by atoms with van der Waals surface area (Å²) in [5, 5.41) is 19.5. The van der Waals surface area contributed by atoms with E-state index in [-0.39, 0.29) is 5.69 Å². The highest BCUT2D eigenvalue weighted by Gasteiger charge is 2.17. The fourth-order valence-electron chi connectivity index (χ4n) is 1.62. The second kappa shape index (κ2) is 3.35. The van der Waals surface area contributed by atoms with Gasteiger partial charge < -0.3 is 15.2 Å². The minimum Gasteiger partial charge on any atom is -0.477 e. The van der Waals surface area contributed by atoms with Crippen LogP contribution in [-0.4, -0.2) is 21.2 Å². The monoisotopic (exact) mass is 219 g/mol. The average molecular weight is 219 g/mol. The molecule has 0 spiro atoms. The Bertz CT molecular complexity index is 549. The maximum Gasteiger partial charge on any atom is 0.352 e. The van der Waals surface area contributed by atoms with Gasteiger partial charge in [-0.25, -0.2) is 4.79 Å². The van der Waals surface area contributed by atoms with Crippen molar-refractivity contribution in [3.63, 3.8) is 0 Å². The molecule has 2 rings (SSSR count). The van der Waals surface area contributed by atoms with E-state index in [4.69, 9.17) is 5.11 Å². The van der Waals surface area contributed by atoms with E-state index >= 15 is 0 Å². The van der Waals surface area contributed by atoms with Gasteiger partial charge in [0.05, 0.1) is 5.60 Å². The summed E-state index contributed by atoms with van der Waals surface area (Å²) in [5.41, 5.74) is 0.696. The van der Waals surface area contributed by atoms with Crippen molar-refractivity contribution in [2.45, 2.75) is 19.4 Å². The van der Waals surface area contributed by atoms with Crippen LogP contribution < -0.4 is 0 Å². The van der Waals surface area contributed by atoms with Crippen molar-refractivity contribution in [3.05, 3.63) is 35.5 Å². The van der Waals surface area contributed by atoms with E-state index in [1.54, 1.807) is 38.1 Å². The van der Waals surface area contributed by atoms with Crippen LogP contribution in [0.5, 0.6) is 0 Å². The lowest BCUT2D eigenvalue weighted by molar-refractivity contribution is 0.0691. The summed E-state index contributed by atoms with van der Waals surface area (Å²) in [6.45, 7) is 3.38. The minimum absolute atomic E-state index is 0.155. The number of carboxylic acids is 1. The van der Waals surface area contributed by atoms with Gasteiger partial charge in [0, 0.05) is 10.9 Å². The third-order valence-corrected chi connectivity index (χ3v) is 2.56. The Balaban J connectivity index is 2.58. The summed E-state index contributed by atoms with van der Waals surface area (Å²) >= 11 is 0. The lowest BCUT2D eigenvalue weighted by Crippen LogP contribution is -2.14. The zero-order chi connectivity index (χ0) is 11.9. The fourth-order valence-corrected chi connectivity index (χ4v) is 1.62. The van der Waals surface area contributed by atoms with Gasteiger partial charge >= 0.3 is 5.97 Å². The lowest BCUT2D eigenvalue weighted by atomic mass is 9.98. The summed E-state index contributed by atoms with van der Waals surface area (Å²) in [4.78, 5) is 13.6. The zero-order valence-electron chi connectivity index (χ0n) is 9.11. The molecule has 0 saturated heterocycles. The highest BCUT2D eigenvalue weighted by atomic mass is 16.4. The third kappa shape index (κ3) is 1.79. The second-order valence-corrected chi connectivity index (χ2v) is 4.35. The summed E-state index contributed by atoms with van der Waals surface area (Å²) in [6, 6.07) is 6.93. The second-order valence-electron chi connectivity index (χ2n) is 4.35. The summed E-state index contributed by atoms with van der Waals surface area (Å²) < 4.78 is 0. The summed E-state index contributed by atoms with van der Waals surface area (Å²) in [6.07, 6.45) is 0. The number of aliphatic hydroxyl groups is 1. The molecule has 1 aromatic heterocycles. The molecule has 3 N–H and O–H groups in total. The molecule has 0 amide bonds. The maximum absolute atomic E-state index is 10.8. The van der Waals surface area contributed by atoms with E-state index in [9.17, 15) is 9.90 Å². The van der Waals surface area contributed by atoms with E-state index in [2.05, 4.69) is 4.98 Å². The number of benzene rings is 1. The molecule has 0 fully saturated rings. The molecule has 0 aliphatic heterocycles. The van der Waals surface area contributed by atoms with Gasteiger partial charge in [-0.15, -0.1) is 0 Å².